The van der Waals surface area contributed by atoms with Crippen molar-refractivity contribution in [2.75, 3.05) is 11.9 Å². The summed E-state index contributed by atoms with van der Waals surface area (Å²) in [6.45, 7) is 7.60. The zero-order valence-corrected chi connectivity index (χ0v) is 14.7. The van der Waals surface area contributed by atoms with Crippen molar-refractivity contribution in [3.05, 3.63) is 45.7 Å². The summed E-state index contributed by atoms with van der Waals surface area (Å²) in [6, 6.07) is 7.31. The molecule has 0 saturated heterocycles. The fourth-order valence-electron chi connectivity index (χ4n) is 2.45. The van der Waals surface area contributed by atoms with E-state index in [1.807, 2.05) is 35.9 Å². The van der Waals surface area contributed by atoms with Gasteiger partial charge in [0, 0.05) is 28.9 Å². The Balaban J connectivity index is 1.86. The van der Waals surface area contributed by atoms with Gasteiger partial charge in [-0.05, 0) is 51.0 Å². The highest BCUT2D eigenvalue weighted by Gasteiger charge is 2.10. The fourth-order valence-corrected chi connectivity index (χ4v) is 2.85. The highest BCUT2D eigenvalue weighted by atomic mass is 79.9. The number of carbonyl (C=O) groups excluding carboxylic acids is 1. The van der Waals surface area contributed by atoms with Crippen LogP contribution in [0, 0.1) is 13.8 Å². The van der Waals surface area contributed by atoms with Crippen LogP contribution in [0.3, 0.4) is 0 Å². The molecule has 2 N–H and O–H groups in total. The molecule has 2 rings (SSSR count). The molecule has 0 bridgehead atoms. The number of anilines is 1. The van der Waals surface area contributed by atoms with Gasteiger partial charge in [-0.3, -0.25) is 4.68 Å². The van der Waals surface area contributed by atoms with Crippen molar-refractivity contribution < 1.29 is 4.79 Å². The van der Waals surface area contributed by atoms with Gasteiger partial charge < -0.3 is 10.6 Å². The number of rotatable bonds is 5. The van der Waals surface area contributed by atoms with Crippen LogP contribution in [0.25, 0.3) is 0 Å². The Morgan fingerprint density at radius 1 is 1.36 bits per heavy atom. The standard InChI is InChI=1S/C16H21BrN4O/c1-4-21-12(3)15(11(2)20-21)8-9-18-16(22)19-14-7-5-6-13(17)10-14/h5-7,10H,4,8-9H2,1-3H3,(H2,18,19,22). The van der Waals surface area contributed by atoms with E-state index in [-0.39, 0.29) is 6.03 Å². The molecule has 0 atom stereocenters. The smallest absolute Gasteiger partial charge is 0.319 e. The largest absolute Gasteiger partial charge is 0.338 e. The monoisotopic (exact) mass is 364 g/mol. The van der Waals surface area contributed by atoms with Gasteiger partial charge in [-0.15, -0.1) is 0 Å². The molecule has 1 heterocycles. The van der Waals surface area contributed by atoms with Crippen LogP contribution in [0.15, 0.2) is 28.7 Å². The number of nitrogens with one attached hydrogen (secondary N) is 2. The van der Waals surface area contributed by atoms with Crippen molar-refractivity contribution in [3.63, 3.8) is 0 Å². The van der Waals surface area contributed by atoms with E-state index in [4.69, 9.17) is 0 Å². The molecule has 0 aliphatic carbocycles. The van der Waals surface area contributed by atoms with E-state index in [1.165, 1.54) is 11.3 Å². The minimum atomic E-state index is -0.198. The number of aryl methyl sites for hydroxylation is 2. The molecule has 22 heavy (non-hydrogen) atoms. The molecule has 1 aromatic carbocycles. The number of urea groups is 1. The lowest BCUT2D eigenvalue weighted by Gasteiger charge is -2.08. The van der Waals surface area contributed by atoms with Crippen molar-refractivity contribution in [1.29, 1.82) is 0 Å². The van der Waals surface area contributed by atoms with E-state index < -0.39 is 0 Å². The fraction of sp³-hybridized carbons (Fsp3) is 0.375. The van der Waals surface area contributed by atoms with Crippen molar-refractivity contribution in [3.8, 4) is 0 Å². The first kappa shape index (κ1) is 16.5. The summed E-state index contributed by atoms with van der Waals surface area (Å²) in [7, 11) is 0. The van der Waals surface area contributed by atoms with Gasteiger partial charge in [0.15, 0.2) is 0 Å². The maximum absolute atomic E-state index is 11.9. The molecule has 0 aliphatic rings. The first-order chi connectivity index (χ1) is 10.5. The van der Waals surface area contributed by atoms with E-state index >= 15 is 0 Å². The minimum Gasteiger partial charge on any atom is -0.338 e. The van der Waals surface area contributed by atoms with Crippen molar-refractivity contribution >= 4 is 27.6 Å². The molecule has 118 valence electrons. The second-order valence-corrected chi connectivity index (χ2v) is 6.02. The number of amides is 2. The van der Waals surface area contributed by atoms with Crippen molar-refractivity contribution in [2.45, 2.75) is 33.7 Å². The van der Waals surface area contributed by atoms with Crippen LogP contribution < -0.4 is 10.6 Å². The molecular weight excluding hydrogens is 344 g/mol. The van der Waals surface area contributed by atoms with Gasteiger partial charge in [0.1, 0.15) is 0 Å². The topological polar surface area (TPSA) is 59.0 Å². The summed E-state index contributed by atoms with van der Waals surface area (Å²) < 4.78 is 2.93. The first-order valence-corrected chi connectivity index (χ1v) is 8.14. The normalized spacial score (nSPS) is 10.5. The molecule has 0 fully saturated rings. The average molecular weight is 365 g/mol. The molecule has 2 amide bonds. The van der Waals surface area contributed by atoms with E-state index in [0.29, 0.717) is 6.54 Å². The molecule has 0 aliphatic heterocycles. The summed E-state index contributed by atoms with van der Waals surface area (Å²) in [5, 5.41) is 10.2. The third-order valence-corrected chi connectivity index (χ3v) is 4.07. The predicted octanol–water partition coefficient (Wildman–Crippen LogP) is 3.65. The molecule has 5 nitrogen and oxygen atoms in total. The van der Waals surface area contributed by atoms with Gasteiger partial charge in [-0.2, -0.15) is 5.10 Å². The van der Waals surface area contributed by atoms with E-state index in [1.54, 1.807) is 0 Å². The second-order valence-electron chi connectivity index (χ2n) is 5.11. The second kappa shape index (κ2) is 7.45. The Morgan fingerprint density at radius 2 is 2.14 bits per heavy atom. The summed E-state index contributed by atoms with van der Waals surface area (Å²) in [5.41, 5.74) is 4.19. The van der Waals surface area contributed by atoms with Gasteiger partial charge in [-0.1, -0.05) is 22.0 Å². The van der Waals surface area contributed by atoms with Crippen LogP contribution in [0.1, 0.15) is 23.9 Å². The zero-order chi connectivity index (χ0) is 16.1. The van der Waals surface area contributed by atoms with Crippen LogP contribution in [-0.4, -0.2) is 22.4 Å². The maximum Gasteiger partial charge on any atom is 0.319 e. The quantitative estimate of drug-likeness (QED) is 0.850. The van der Waals surface area contributed by atoms with Gasteiger partial charge >= 0.3 is 6.03 Å². The summed E-state index contributed by atoms with van der Waals surface area (Å²) in [4.78, 5) is 11.9. The molecule has 0 unspecified atom stereocenters. The molecule has 2 aromatic rings. The maximum atomic E-state index is 11.9. The molecule has 0 saturated carbocycles. The molecule has 1 aromatic heterocycles. The molecule has 0 radical (unpaired) electrons. The van der Waals surface area contributed by atoms with Gasteiger partial charge in [0.05, 0.1) is 5.69 Å². The van der Waals surface area contributed by atoms with Crippen molar-refractivity contribution in [1.82, 2.24) is 15.1 Å². The number of halogens is 1. The number of benzene rings is 1. The third-order valence-electron chi connectivity index (χ3n) is 3.57. The first-order valence-electron chi connectivity index (χ1n) is 7.34. The number of nitrogens with zero attached hydrogens (tertiary/aromatic N) is 2. The van der Waals surface area contributed by atoms with Crippen LogP contribution in [0.5, 0.6) is 0 Å². The van der Waals surface area contributed by atoms with E-state index in [2.05, 4.69) is 45.5 Å². The minimum absolute atomic E-state index is 0.198. The molecule has 6 heteroatoms. The third kappa shape index (κ3) is 4.10. The van der Waals surface area contributed by atoms with Gasteiger partial charge in [-0.25, -0.2) is 4.79 Å². The summed E-state index contributed by atoms with van der Waals surface area (Å²) >= 11 is 3.38. The zero-order valence-electron chi connectivity index (χ0n) is 13.1. The Morgan fingerprint density at radius 3 is 2.77 bits per heavy atom. The lowest BCUT2D eigenvalue weighted by Crippen LogP contribution is -2.30. The number of hydrogen-bond donors (Lipinski definition) is 2. The lowest BCUT2D eigenvalue weighted by molar-refractivity contribution is 0.252. The Kier molecular flexibility index (Phi) is 5.60. The van der Waals surface area contributed by atoms with Crippen LogP contribution in [-0.2, 0) is 13.0 Å². The van der Waals surface area contributed by atoms with Gasteiger partial charge in [0.25, 0.3) is 0 Å². The Hall–Kier alpha value is -1.82. The number of carbonyl (C=O) groups is 1. The summed E-state index contributed by atoms with van der Waals surface area (Å²) in [5.74, 6) is 0. The molecular formula is C16H21BrN4O. The SMILES string of the molecule is CCn1nc(C)c(CCNC(=O)Nc2cccc(Br)c2)c1C. The highest BCUT2D eigenvalue weighted by Crippen LogP contribution is 2.15. The Labute approximate surface area is 139 Å². The predicted molar refractivity (Wildman–Crippen MR) is 92.2 cm³/mol. The number of hydrogen-bond acceptors (Lipinski definition) is 2. The van der Waals surface area contributed by atoms with Crippen LogP contribution in [0.2, 0.25) is 0 Å². The van der Waals surface area contributed by atoms with Gasteiger partial charge in [0.2, 0.25) is 0 Å². The van der Waals surface area contributed by atoms with E-state index in [0.717, 1.165) is 28.8 Å². The van der Waals surface area contributed by atoms with Crippen LogP contribution in [0.4, 0.5) is 10.5 Å². The molecule has 0 spiro atoms. The van der Waals surface area contributed by atoms with Crippen LogP contribution >= 0.6 is 15.9 Å². The van der Waals surface area contributed by atoms with Crippen molar-refractivity contribution in [2.24, 2.45) is 0 Å². The number of aromatic nitrogens is 2. The summed E-state index contributed by atoms with van der Waals surface area (Å²) in [6.07, 6.45) is 0.781. The highest BCUT2D eigenvalue weighted by molar-refractivity contribution is 9.10. The average Bonchev–Trinajstić information content (AvgIpc) is 2.74. The van der Waals surface area contributed by atoms with E-state index in [9.17, 15) is 4.79 Å². The Bertz CT molecular complexity index is 666. The lowest BCUT2D eigenvalue weighted by atomic mass is 10.1.